The summed E-state index contributed by atoms with van der Waals surface area (Å²) in [6.07, 6.45) is 3.90. The van der Waals surface area contributed by atoms with Gasteiger partial charge in [0, 0.05) is 51.2 Å². The smallest absolute Gasteiger partial charge is 0.179 e. The Morgan fingerprint density at radius 3 is 1.77 bits per heavy atom. The van der Waals surface area contributed by atoms with Gasteiger partial charge >= 0.3 is 0 Å². The van der Waals surface area contributed by atoms with Crippen LogP contribution in [0.5, 0.6) is 0 Å². The van der Waals surface area contributed by atoms with E-state index in [4.69, 9.17) is 24.9 Å². The van der Waals surface area contributed by atoms with Crippen molar-refractivity contribution in [2.24, 2.45) is 0 Å². The molecule has 0 spiro atoms. The number of fused-ring (bicyclic) bond motifs is 8. The Kier molecular flexibility index (Phi) is 7.09. The SMILES string of the molecule is Cc1cc(-c2cccc3ccccc23)cc(-c2nc(-c3cnc4c(c3)C(C)(C)c3cc5c(cc3-4)C(C)(C)c3cccnc3-5)cc(-c3cccc4ccccc34)n2)n1. The van der Waals surface area contributed by atoms with Gasteiger partial charge in [-0.2, -0.15) is 0 Å². The van der Waals surface area contributed by atoms with Crippen molar-refractivity contribution in [1.82, 2.24) is 24.9 Å². The monoisotopic (exact) mass is 733 g/mol. The minimum atomic E-state index is -0.288. The first-order valence-corrected chi connectivity index (χ1v) is 19.7. The highest BCUT2D eigenvalue weighted by atomic mass is 14.9. The van der Waals surface area contributed by atoms with Gasteiger partial charge in [0.05, 0.1) is 22.8 Å². The molecule has 0 fully saturated rings. The van der Waals surface area contributed by atoms with Gasteiger partial charge in [0.2, 0.25) is 0 Å². The zero-order valence-corrected chi connectivity index (χ0v) is 32.6. The minimum Gasteiger partial charge on any atom is -0.256 e. The molecule has 0 bridgehead atoms. The summed E-state index contributed by atoms with van der Waals surface area (Å²) in [6, 6.07) is 47.6. The van der Waals surface area contributed by atoms with Crippen LogP contribution in [-0.4, -0.2) is 24.9 Å². The van der Waals surface area contributed by atoms with E-state index in [1.54, 1.807) is 0 Å². The average Bonchev–Trinajstić information content (AvgIpc) is 3.60. The zero-order chi connectivity index (χ0) is 38.6. The van der Waals surface area contributed by atoms with Crippen molar-refractivity contribution in [1.29, 1.82) is 0 Å². The highest BCUT2D eigenvalue weighted by Crippen LogP contribution is 2.55. The van der Waals surface area contributed by atoms with Gasteiger partial charge in [-0.1, -0.05) is 119 Å². The van der Waals surface area contributed by atoms with Gasteiger partial charge < -0.3 is 0 Å². The molecule has 57 heavy (non-hydrogen) atoms. The van der Waals surface area contributed by atoms with E-state index in [-0.39, 0.29) is 10.8 Å². The molecule has 11 rings (SSSR count). The van der Waals surface area contributed by atoms with E-state index in [0.29, 0.717) is 5.82 Å². The first-order chi connectivity index (χ1) is 27.6. The van der Waals surface area contributed by atoms with Crippen LogP contribution in [0.4, 0.5) is 0 Å². The summed E-state index contributed by atoms with van der Waals surface area (Å²) >= 11 is 0. The van der Waals surface area contributed by atoms with Gasteiger partial charge in [-0.15, -0.1) is 0 Å². The lowest BCUT2D eigenvalue weighted by Crippen LogP contribution is -2.17. The highest BCUT2D eigenvalue weighted by molar-refractivity contribution is 5.98. The molecule has 4 aromatic heterocycles. The van der Waals surface area contributed by atoms with Crippen molar-refractivity contribution in [2.45, 2.75) is 45.4 Å². The Balaban J connectivity index is 1.09. The second kappa shape index (κ2) is 12.1. The maximum absolute atomic E-state index is 5.31. The Hall–Kier alpha value is -6.85. The summed E-state index contributed by atoms with van der Waals surface area (Å²) < 4.78 is 0. The normalized spacial score (nSPS) is 14.3. The number of hydrogen-bond acceptors (Lipinski definition) is 5. The summed E-state index contributed by atoms with van der Waals surface area (Å²) in [5.74, 6) is 0.577. The molecule has 0 aliphatic heterocycles. The summed E-state index contributed by atoms with van der Waals surface area (Å²) in [5.41, 5.74) is 16.7. The molecule has 2 aliphatic carbocycles. The van der Waals surface area contributed by atoms with Crippen molar-refractivity contribution in [2.75, 3.05) is 0 Å². The lowest BCUT2D eigenvalue weighted by molar-refractivity contribution is 0.651. The van der Waals surface area contributed by atoms with Gasteiger partial charge in [-0.25, -0.2) is 15.0 Å². The molecule has 0 radical (unpaired) electrons. The molecule has 5 nitrogen and oxygen atoms in total. The van der Waals surface area contributed by atoms with Crippen LogP contribution in [0.2, 0.25) is 0 Å². The Morgan fingerprint density at radius 2 is 1.04 bits per heavy atom. The fourth-order valence-corrected chi connectivity index (χ4v) is 9.45. The third-order valence-electron chi connectivity index (χ3n) is 12.4. The number of aryl methyl sites for hydroxylation is 1. The van der Waals surface area contributed by atoms with E-state index in [9.17, 15) is 0 Å². The van der Waals surface area contributed by atoms with E-state index in [1.807, 2.05) is 25.4 Å². The second-order valence-electron chi connectivity index (χ2n) is 16.6. The maximum Gasteiger partial charge on any atom is 0.179 e. The number of rotatable bonds is 4. The largest absolute Gasteiger partial charge is 0.256 e. The van der Waals surface area contributed by atoms with Crippen LogP contribution in [0, 0.1) is 6.92 Å². The standard InChI is InChI=1S/C52H39N5/c1-30-23-33(37-19-10-15-31-13-6-8-17-35(31)37)25-47(55-30)50-56-45(28-46(57-50)38-20-11-16-32-14-7-9-18-36(32)38)34-24-44-49(54-29-34)40-27-42-39(26-43(40)52(44,4)5)48-41(51(42,2)3)21-12-22-53-48/h6-29H,1-5H3. The molecule has 0 unspecified atom stereocenters. The molecule has 4 heterocycles. The second-order valence-corrected chi connectivity index (χ2v) is 16.6. The van der Waals surface area contributed by atoms with Gasteiger partial charge in [0.25, 0.3) is 0 Å². The quantitative estimate of drug-likeness (QED) is 0.180. The molecule has 9 aromatic rings. The van der Waals surface area contributed by atoms with Crippen molar-refractivity contribution in [3.63, 3.8) is 0 Å². The van der Waals surface area contributed by atoms with Crippen molar-refractivity contribution >= 4 is 21.5 Å². The third-order valence-corrected chi connectivity index (χ3v) is 12.4. The van der Waals surface area contributed by atoms with Crippen LogP contribution < -0.4 is 0 Å². The van der Waals surface area contributed by atoms with Crippen LogP contribution in [0.3, 0.4) is 0 Å². The molecule has 0 N–H and O–H groups in total. The summed E-state index contributed by atoms with van der Waals surface area (Å²) in [5, 5.41) is 4.70. The first-order valence-electron chi connectivity index (χ1n) is 19.7. The molecular weight excluding hydrogens is 695 g/mol. The summed E-state index contributed by atoms with van der Waals surface area (Å²) in [6.45, 7) is 11.3. The number of aromatic nitrogens is 5. The third kappa shape index (κ3) is 5.05. The number of benzene rings is 5. The summed E-state index contributed by atoms with van der Waals surface area (Å²) in [7, 11) is 0. The van der Waals surface area contributed by atoms with Gasteiger partial charge in [0.15, 0.2) is 5.82 Å². The minimum absolute atomic E-state index is 0.145. The number of nitrogens with zero attached hydrogens (tertiary/aromatic N) is 5. The Bertz CT molecular complexity index is 3150. The molecule has 0 atom stereocenters. The van der Waals surface area contributed by atoms with Crippen molar-refractivity contribution in [3.8, 4) is 67.7 Å². The van der Waals surface area contributed by atoms with Crippen LogP contribution >= 0.6 is 0 Å². The number of pyridine rings is 3. The van der Waals surface area contributed by atoms with Crippen molar-refractivity contribution in [3.05, 3.63) is 174 Å². The fourth-order valence-electron chi connectivity index (χ4n) is 9.45. The first kappa shape index (κ1) is 33.5. The van der Waals surface area contributed by atoms with E-state index in [1.165, 1.54) is 44.2 Å². The molecule has 0 amide bonds. The average molecular weight is 734 g/mol. The van der Waals surface area contributed by atoms with Gasteiger partial charge in [0.1, 0.15) is 5.69 Å². The predicted octanol–water partition coefficient (Wildman–Crippen LogP) is 12.6. The van der Waals surface area contributed by atoms with E-state index >= 15 is 0 Å². The Labute approximate surface area is 332 Å². The predicted molar refractivity (Wildman–Crippen MR) is 232 cm³/mol. The lowest BCUT2D eigenvalue weighted by atomic mass is 9.79. The molecule has 5 heteroatoms. The van der Waals surface area contributed by atoms with Crippen LogP contribution in [0.25, 0.3) is 89.2 Å². The Morgan fingerprint density at radius 1 is 0.421 bits per heavy atom. The van der Waals surface area contributed by atoms with E-state index in [0.717, 1.165) is 67.2 Å². The highest BCUT2D eigenvalue weighted by Gasteiger charge is 2.43. The molecule has 0 saturated carbocycles. The van der Waals surface area contributed by atoms with Crippen LogP contribution in [-0.2, 0) is 10.8 Å². The van der Waals surface area contributed by atoms with Crippen LogP contribution in [0.1, 0.15) is 55.6 Å². The zero-order valence-electron chi connectivity index (χ0n) is 32.6. The van der Waals surface area contributed by atoms with E-state index in [2.05, 4.69) is 155 Å². The van der Waals surface area contributed by atoms with Crippen LogP contribution in [0.15, 0.2) is 146 Å². The van der Waals surface area contributed by atoms with Crippen molar-refractivity contribution < 1.29 is 0 Å². The molecule has 2 aliphatic rings. The molecule has 0 saturated heterocycles. The lowest BCUT2D eigenvalue weighted by Gasteiger charge is -2.24. The molecule has 272 valence electrons. The topological polar surface area (TPSA) is 64.5 Å². The number of hydrogen-bond donors (Lipinski definition) is 0. The summed E-state index contributed by atoms with van der Waals surface area (Å²) in [4.78, 5) is 25.8. The van der Waals surface area contributed by atoms with Gasteiger partial charge in [-0.05, 0) is 104 Å². The van der Waals surface area contributed by atoms with Gasteiger partial charge in [-0.3, -0.25) is 9.97 Å². The van der Waals surface area contributed by atoms with E-state index < -0.39 is 0 Å². The molecule has 5 aromatic carbocycles. The fraction of sp³-hybridized carbons (Fsp3) is 0.135. The maximum atomic E-state index is 5.31. The molecular formula is C52H39N5.